The average molecular weight is 377 g/mol. The minimum absolute atomic E-state index is 0.623. The summed E-state index contributed by atoms with van der Waals surface area (Å²) in [6.45, 7) is 0. The van der Waals surface area contributed by atoms with Crippen LogP contribution in [-0.4, -0.2) is 9.97 Å². The summed E-state index contributed by atoms with van der Waals surface area (Å²) in [7, 11) is 0. The first-order valence-corrected chi connectivity index (χ1v) is 7.11. The van der Waals surface area contributed by atoms with Crippen LogP contribution in [0.4, 0.5) is 0 Å². The first-order valence-electron chi connectivity index (χ1n) is 5.52. The summed E-state index contributed by atoms with van der Waals surface area (Å²) < 4.78 is 1.97. The number of halogens is 2. The minimum Gasteiger partial charge on any atom is -0.338 e. The second-order valence-corrected chi connectivity index (χ2v) is 5.82. The molecule has 5 heteroatoms. The quantitative estimate of drug-likeness (QED) is 0.673. The van der Waals surface area contributed by atoms with Gasteiger partial charge in [0.25, 0.3) is 0 Å². The van der Waals surface area contributed by atoms with Gasteiger partial charge in [0.2, 0.25) is 0 Å². The van der Waals surface area contributed by atoms with Crippen molar-refractivity contribution in [1.82, 2.24) is 9.97 Å². The fourth-order valence-corrected chi connectivity index (χ4v) is 3.12. The lowest BCUT2D eigenvalue weighted by Gasteiger charge is -2.00. The highest BCUT2D eigenvalue weighted by Gasteiger charge is 2.09. The van der Waals surface area contributed by atoms with Gasteiger partial charge in [-0.25, -0.2) is 4.98 Å². The molecule has 19 heavy (non-hydrogen) atoms. The van der Waals surface area contributed by atoms with Gasteiger partial charge in [0.1, 0.15) is 5.82 Å². The van der Waals surface area contributed by atoms with Crippen LogP contribution in [-0.2, 0) is 0 Å². The molecule has 0 radical (unpaired) electrons. The number of fused-ring (bicyclic) bond motifs is 1. The van der Waals surface area contributed by atoms with E-state index in [0.717, 1.165) is 31.4 Å². The molecule has 0 spiro atoms. The van der Waals surface area contributed by atoms with Crippen LogP contribution in [0.15, 0.2) is 45.3 Å². The van der Waals surface area contributed by atoms with Gasteiger partial charge in [0, 0.05) is 14.5 Å². The van der Waals surface area contributed by atoms with E-state index in [0.29, 0.717) is 5.56 Å². The molecule has 0 bridgehead atoms. The number of nitriles is 1. The van der Waals surface area contributed by atoms with E-state index >= 15 is 0 Å². The molecule has 0 unspecified atom stereocenters. The number of nitrogens with one attached hydrogen (secondary N) is 1. The predicted octanol–water partition coefficient (Wildman–Crippen LogP) is 4.63. The molecule has 2 aromatic carbocycles. The van der Waals surface area contributed by atoms with E-state index in [4.69, 9.17) is 5.26 Å². The van der Waals surface area contributed by atoms with Crippen LogP contribution in [0.3, 0.4) is 0 Å². The van der Waals surface area contributed by atoms with Crippen molar-refractivity contribution in [3.63, 3.8) is 0 Å². The number of aromatic nitrogens is 2. The molecular formula is C14H7Br2N3. The number of rotatable bonds is 1. The molecule has 3 nitrogen and oxygen atoms in total. The van der Waals surface area contributed by atoms with Crippen LogP contribution in [0.5, 0.6) is 0 Å². The molecule has 1 aromatic heterocycles. The number of aromatic amines is 1. The van der Waals surface area contributed by atoms with Gasteiger partial charge in [-0.15, -0.1) is 0 Å². The smallest absolute Gasteiger partial charge is 0.139 e. The van der Waals surface area contributed by atoms with E-state index in [1.54, 1.807) is 12.1 Å². The molecule has 0 saturated heterocycles. The highest BCUT2D eigenvalue weighted by molar-refractivity contribution is 9.11. The van der Waals surface area contributed by atoms with Gasteiger partial charge >= 0.3 is 0 Å². The second kappa shape index (κ2) is 4.80. The van der Waals surface area contributed by atoms with Crippen molar-refractivity contribution in [3.8, 4) is 17.5 Å². The van der Waals surface area contributed by atoms with Crippen molar-refractivity contribution in [1.29, 1.82) is 5.26 Å². The Kier molecular flexibility index (Phi) is 3.13. The molecule has 0 aliphatic rings. The summed E-state index contributed by atoms with van der Waals surface area (Å²) in [6.07, 6.45) is 0. The molecule has 1 N–H and O–H groups in total. The number of hydrogen-bond acceptors (Lipinski definition) is 2. The maximum atomic E-state index is 8.90. The topological polar surface area (TPSA) is 52.5 Å². The number of H-pyrrole nitrogens is 1. The lowest BCUT2D eigenvalue weighted by molar-refractivity contribution is 1.33. The van der Waals surface area contributed by atoms with Crippen LogP contribution in [0, 0.1) is 11.3 Å². The van der Waals surface area contributed by atoms with E-state index < -0.39 is 0 Å². The molecule has 3 aromatic rings. The Labute approximate surface area is 126 Å². The van der Waals surface area contributed by atoms with Gasteiger partial charge in [0.05, 0.1) is 22.7 Å². The van der Waals surface area contributed by atoms with Gasteiger partial charge in [-0.2, -0.15) is 5.26 Å². The zero-order chi connectivity index (χ0) is 13.4. The lowest BCUT2D eigenvalue weighted by atomic mass is 10.2. The molecular weight excluding hydrogens is 370 g/mol. The summed E-state index contributed by atoms with van der Waals surface area (Å²) in [6, 6.07) is 13.5. The van der Waals surface area contributed by atoms with Crippen molar-refractivity contribution in [2.75, 3.05) is 0 Å². The normalized spacial score (nSPS) is 10.6. The molecule has 0 aliphatic heterocycles. The zero-order valence-corrected chi connectivity index (χ0v) is 12.8. The van der Waals surface area contributed by atoms with Crippen molar-refractivity contribution in [2.24, 2.45) is 0 Å². The SMILES string of the molecule is N#Cc1ccc2nc(-c3ccc(Br)cc3Br)[nH]c2c1. The standard InChI is InChI=1S/C14H7Br2N3/c15-9-2-3-10(11(16)6-9)14-18-12-4-1-8(7-17)5-13(12)19-14/h1-6H,(H,18,19). The zero-order valence-electron chi connectivity index (χ0n) is 9.61. The number of nitrogens with zero attached hydrogens (tertiary/aromatic N) is 2. The molecule has 1 heterocycles. The Morgan fingerprint density at radius 3 is 2.68 bits per heavy atom. The summed E-state index contributed by atoms with van der Waals surface area (Å²) in [5, 5.41) is 8.90. The van der Waals surface area contributed by atoms with Crippen molar-refractivity contribution < 1.29 is 0 Å². The van der Waals surface area contributed by atoms with Crippen LogP contribution >= 0.6 is 31.9 Å². The summed E-state index contributed by atoms with van der Waals surface area (Å²) in [5.41, 5.74) is 3.32. The van der Waals surface area contributed by atoms with E-state index in [2.05, 4.69) is 47.9 Å². The van der Waals surface area contributed by atoms with Crippen LogP contribution in [0.2, 0.25) is 0 Å². The third kappa shape index (κ3) is 2.29. The Hall–Kier alpha value is -1.64. The van der Waals surface area contributed by atoms with E-state index in [1.807, 2.05) is 24.3 Å². The summed E-state index contributed by atoms with van der Waals surface area (Å²) in [4.78, 5) is 7.78. The molecule has 0 fully saturated rings. The molecule has 92 valence electrons. The van der Waals surface area contributed by atoms with Crippen LogP contribution in [0.25, 0.3) is 22.4 Å². The maximum absolute atomic E-state index is 8.90. The summed E-state index contributed by atoms with van der Waals surface area (Å²) in [5.74, 6) is 0.782. The highest BCUT2D eigenvalue weighted by atomic mass is 79.9. The number of hydrogen-bond donors (Lipinski definition) is 1. The summed E-state index contributed by atoms with van der Waals surface area (Å²) >= 11 is 6.95. The van der Waals surface area contributed by atoms with Gasteiger partial charge in [0.15, 0.2) is 0 Å². The fraction of sp³-hybridized carbons (Fsp3) is 0. The third-order valence-corrected chi connectivity index (χ3v) is 3.95. The Bertz CT molecular complexity index is 815. The molecule has 3 rings (SSSR count). The highest BCUT2D eigenvalue weighted by Crippen LogP contribution is 2.30. The number of imidazole rings is 1. The van der Waals surface area contributed by atoms with Gasteiger partial charge in [-0.05, 0) is 52.3 Å². The van der Waals surface area contributed by atoms with Crippen molar-refractivity contribution in [3.05, 3.63) is 50.9 Å². The average Bonchev–Trinajstić information content (AvgIpc) is 2.80. The first-order chi connectivity index (χ1) is 9.17. The maximum Gasteiger partial charge on any atom is 0.139 e. The molecule has 0 atom stereocenters. The third-order valence-electron chi connectivity index (χ3n) is 2.80. The minimum atomic E-state index is 0.623. The predicted molar refractivity (Wildman–Crippen MR) is 81.6 cm³/mol. The lowest BCUT2D eigenvalue weighted by Crippen LogP contribution is -1.82. The van der Waals surface area contributed by atoms with Gasteiger partial charge in [-0.3, -0.25) is 0 Å². The van der Waals surface area contributed by atoms with Gasteiger partial charge in [-0.1, -0.05) is 15.9 Å². The van der Waals surface area contributed by atoms with Crippen LogP contribution < -0.4 is 0 Å². The Morgan fingerprint density at radius 2 is 1.95 bits per heavy atom. The fourth-order valence-electron chi connectivity index (χ4n) is 1.89. The Morgan fingerprint density at radius 1 is 1.11 bits per heavy atom. The monoisotopic (exact) mass is 375 g/mol. The second-order valence-electron chi connectivity index (χ2n) is 4.05. The van der Waals surface area contributed by atoms with Gasteiger partial charge < -0.3 is 4.98 Å². The molecule has 0 aliphatic carbocycles. The van der Waals surface area contributed by atoms with Crippen molar-refractivity contribution in [2.45, 2.75) is 0 Å². The van der Waals surface area contributed by atoms with E-state index in [1.165, 1.54) is 0 Å². The Balaban J connectivity index is 2.18. The first kappa shape index (κ1) is 12.4. The van der Waals surface area contributed by atoms with Crippen molar-refractivity contribution >= 4 is 42.9 Å². The number of benzene rings is 2. The van der Waals surface area contributed by atoms with E-state index in [-0.39, 0.29) is 0 Å². The molecule has 0 amide bonds. The largest absolute Gasteiger partial charge is 0.338 e. The van der Waals surface area contributed by atoms with E-state index in [9.17, 15) is 0 Å². The van der Waals surface area contributed by atoms with Crippen LogP contribution in [0.1, 0.15) is 5.56 Å². The molecule has 0 saturated carbocycles.